The van der Waals surface area contributed by atoms with E-state index < -0.39 is 32.7 Å². The Kier molecular flexibility index (Phi) is 8.40. The minimum atomic E-state index is -0.845. The van der Waals surface area contributed by atoms with Crippen molar-refractivity contribution in [2.24, 2.45) is 0 Å². The SMILES string of the molecule is CC1=Cc2c(C)cc(C)cc2[CH]1[Zr+2][O][SiH](C)C.[Cl-].[Cl-]. The first-order valence-electron chi connectivity index (χ1n) is 6.19. The maximum atomic E-state index is 6.10. The van der Waals surface area contributed by atoms with Gasteiger partial charge in [0.25, 0.3) is 0 Å². The second-order valence-corrected chi connectivity index (χ2v) is 11.3. The first kappa shape index (κ1) is 19.6. The predicted octanol–water partition coefficient (Wildman–Crippen LogP) is -2.23. The van der Waals surface area contributed by atoms with Gasteiger partial charge in [0.2, 0.25) is 0 Å². The molecule has 0 saturated heterocycles. The second-order valence-electron chi connectivity index (χ2n) is 5.19. The number of aryl methyl sites for hydroxylation is 2. The minimum absolute atomic E-state index is 0. The zero-order chi connectivity index (χ0) is 12.6. The molecule has 0 radical (unpaired) electrons. The first-order chi connectivity index (χ1) is 7.99. The molecule has 5 heteroatoms. The number of rotatable bonds is 3. The molecule has 0 heterocycles. The fourth-order valence-electron chi connectivity index (χ4n) is 2.36. The molecule has 0 spiro atoms. The number of hydrogen-bond acceptors (Lipinski definition) is 1. The topological polar surface area (TPSA) is 9.23 Å². The van der Waals surface area contributed by atoms with Crippen molar-refractivity contribution in [3.8, 4) is 0 Å². The standard InChI is InChI=1S/C12H13.C2H7OSi.2ClH.Zr/c1-8-4-10(3)12-7-9(2)6-11(12)5-8;1-4(2)3;;;/h4-7H,1-3H3;4H,1-2H3;2*1H;/q;-1;;;+3/p-2. The molecular weight excluding hydrogens is 374 g/mol. The fraction of sp³-hybridized carbons (Fsp3) is 0.429. The van der Waals surface area contributed by atoms with Gasteiger partial charge >= 0.3 is 119 Å². The first-order valence-corrected chi connectivity index (χ1v) is 11.4. The molecule has 104 valence electrons. The molecule has 19 heavy (non-hydrogen) atoms. The third-order valence-electron chi connectivity index (χ3n) is 3.12. The van der Waals surface area contributed by atoms with E-state index in [9.17, 15) is 0 Å². The predicted molar refractivity (Wildman–Crippen MR) is 72.3 cm³/mol. The molecule has 1 aliphatic carbocycles. The van der Waals surface area contributed by atoms with E-state index in [-0.39, 0.29) is 24.8 Å². The molecule has 0 saturated carbocycles. The van der Waals surface area contributed by atoms with Crippen LogP contribution >= 0.6 is 0 Å². The van der Waals surface area contributed by atoms with Gasteiger partial charge < -0.3 is 24.8 Å². The van der Waals surface area contributed by atoms with Crippen LogP contribution in [-0.4, -0.2) is 9.04 Å². The van der Waals surface area contributed by atoms with Gasteiger partial charge in [0.1, 0.15) is 0 Å². The Morgan fingerprint density at radius 1 is 1.11 bits per heavy atom. The van der Waals surface area contributed by atoms with Gasteiger partial charge in [-0.1, -0.05) is 0 Å². The van der Waals surface area contributed by atoms with Gasteiger partial charge in [-0.05, 0) is 0 Å². The summed E-state index contributed by atoms with van der Waals surface area (Å²) in [7, 11) is -0.845. The average Bonchev–Trinajstić information content (AvgIpc) is 2.52. The summed E-state index contributed by atoms with van der Waals surface area (Å²) in [6.07, 6.45) is 2.38. The van der Waals surface area contributed by atoms with Crippen molar-refractivity contribution in [2.45, 2.75) is 37.5 Å². The zero-order valence-electron chi connectivity index (χ0n) is 12.1. The molecule has 1 unspecified atom stereocenters. The number of hydrogen-bond donors (Lipinski definition) is 0. The van der Waals surface area contributed by atoms with Crippen LogP contribution in [0.25, 0.3) is 6.08 Å². The van der Waals surface area contributed by atoms with Gasteiger partial charge in [0.05, 0.1) is 0 Å². The molecule has 0 N–H and O–H groups in total. The van der Waals surface area contributed by atoms with Gasteiger partial charge in [0.15, 0.2) is 0 Å². The second kappa shape index (κ2) is 8.14. The smallest absolute Gasteiger partial charge is 1.00 e. The molecule has 1 nitrogen and oxygen atoms in total. The van der Waals surface area contributed by atoms with Crippen LogP contribution in [-0.2, 0) is 26.2 Å². The van der Waals surface area contributed by atoms with Crippen LogP contribution in [0.5, 0.6) is 0 Å². The molecule has 2 rings (SSSR count). The van der Waals surface area contributed by atoms with Crippen molar-refractivity contribution in [3.63, 3.8) is 0 Å². The van der Waals surface area contributed by atoms with E-state index in [0.29, 0.717) is 3.63 Å². The van der Waals surface area contributed by atoms with Crippen molar-refractivity contribution < 1.29 is 51.0 Å². The van der Waals surface area contributed by atoms with Crippen LogP contribution in [0, 0.1) is 13.8 Å². The Morgan fingerprint density at radius 2 is 1.74 bits per heavy atom. The van der Waals surface area contributed by atoms with Gasteiger partial charge in [-0.15, -0.1) is 0 Å². The van der Waals surface area contributed by atoms with E-state index in [0.717, 1.165) is 0 Å². The number of allylic oxidation sites excluding steroid dienone is 1. The molecule has 0 fully saturated rings. The summed E-state index contributed by atoms with van der Waals surface area (Å²) >= 11 is -0.750. The third kappa shape index (κ3) is 4.54. The Hall–Kier alpha value is 0.600. The van der Waals surface area contributed by atoms with Crippen LogP contribution in [0.1, 0.15) is 32.8 Å². The van der Waals surface area contributed by atoms with Crippen molar-refractivity contribution in [1.29, 1.82) is 0 Å². The van der Waals surface area contributed by atoms with Gasteiger partial charge in [-0.3, -0.25) is 0 Å². The number of benzene rings is 1. The molecule has 1 aliphatic rings. The number of fused-ring (bicyclic) bond motifs is 1. The third-order valence-corrected chi connectivity index (χ3v) is 10.7. The summed E-state index contributed by atoms with van der Waals surface area (Å²) in [5.74, 6) is 0. The van der Waals surface area contributed by atoms with E-state index in [4.69, 9.17) is 2.50 Å². The van der Waals surface area contributed by atoms with Crippen LogP contribution in [0.4, 0.5) is 0 Å². The van der Waals surface area contributed by atoms with Crippen LogP contribution in [0.15, 0.2) is 17.7 Å². The number of halogens is 2. The van der Waals surface area contributed by atoms with E-state index in [1.807, 2.05) is 0 Å². The molecule has 1 aromatic carbocycles. The Bertz CT molecular complexity index is 475. The van der Waals surface area contributed by atoms with E-state index in [1.165, 1.54) is 22.3 Å². The van der Waals surface area contributed by atoms with Crippen molar-refractivity contribution in [3.05, 3.63) is 40.0 Å². The average molecular weight is 395 g/mol. The van der Waals surface area contributed by atoms with Gasteiger partial charge in [-0.2, -0.15) is 0 Å². The van der Waals surface area contributed by atoms with Gasteiger partial charge in [0, 0.05) is 0 Å². The Balaban J connectivity index is 0.00000162. The fourth-order valence-corrected chi connectivity index (χ4v) is 7.34. The van der Waals surface area contributed by atoms with Crippen molar-refractivity contribution >= 4 is 15.1 Å². The largest absolute Gasteiger partial charge is 1.00 e. The monoisotopic (exact) mass is 392 g/mol. The molecular formula is C14H20Cl2OSiZr. The van der Waals surface area contributed by atoms with E-state index in [2.05, 4.69) is 52.1 Å². The van der Waals surface area contributed by atoms with E-state index >= 15 is 0 Å². The summed E-state index contributed by atoms with van der Waals surface area (Å²) < 4.78 is 6.76. The van der Waals surface area contributed by atoms with Crippen LogP contribution < -0.4 is 24.8 Å². The Morgan fingerprint density at radius 3 is 2.32 bits per heavy atom. The van der Waals surface area contributed by atoms with Gasteiger partial charge in [-0.25, -0.2) is 0 Å². The molecule has 1 atom stereocenters. The summed E-state index contributed by atoms with van der Waals surface area (Å²) in [5, 5.41) is 0. The Labute approximate surface area is 142 Å². The molecule has 0 aliphatic heterocycles. The van der Waals surface area contributed by atoms with Crippen LogP contribution in [0.3, 0.4) is 0 Å². The van der Waals surface area contributed by atoms with Crippen LogP contribution in [0.2, 0.25) is 13.1 Å². The minimum Gasteiger partial charge on any atom is -1.00 e. The van der Waals surface area contributed by atoms with E-state index in [1.54, 1.807) is 5.56 Å². The quantitative estimate of drug-likeness (QED) is 0.528. The summed E-state index contributed by atoms with van der Waals surface area (Å²) in [6.45, 7) is 11.2. The van der Waals surface area contributed by atoms with Crippen molar-refractivity contribution in [1.82, 2.24) is 0 Å². The van der Waals surface area contributed by atoms with Crippen molar-refractivity contribution in [2.75, 3.05) is 0 Å². The molecule has 1 aromatic rings. The molecule has 0 bridgehead atoms. The maximum absolute atomic E-state index is 6.10. The molecule has 0 aromatic heterocycles. The summed E-state index contributed by atoms with van der Waals surface area (Å²) in [5.41, 5.74) is 7.34. The normalized spacial score (nSPS) is 16.1. The molecule has 0 amide bonds. The summed E-state index contributed by atoms with van der Waals surface area (Å²) in [4.78, 5) is 0. The zero-order valence-corrected chi connectivity index (χ0v) is 17.2. The maximum Gasteiger partial charge on any atom is -1.00 e. The summed E-state index contributed by atoms with van der Waals surface area (Å²) in [6, 6.07) is 4.65.